The number of carbonyl (C=O) groups is 1. The molecule has 1 aliphatic heterocycles. The summed E-state index contributed by atoms with van der Waals surface area (Å²) in [5, 5.41) is 0.966. The Kier molecular flexibility index (Phi) is 5.13. The van der Waals surface area contributed by atoms with E-state index in [4.69, 9.17) is 33.7 Å². The average Bonchev–Trinajstić information content (AvgIpc) is 2.85. The highest BCUT2D eigenvalue weighted by Gasteiger charge is 2.29. The summed E-state index contributed by atoms with van der Waals surface area (Å²) in [4.78, 5) is 14.1. The maximum Gasteiger partial charge on any atom is 0.263 e. The van der Waals surface area contributed by atoms with Gasteiger partial charge in [0.1, 0.15) is 5.75 Å². The van der Waals surface area contributed by atoms with Gasteiger partial charge in [-0.15, -0.1) is 0 Å². The molecule has 4 nitrogen and oxygen atoms in total. The molecule has 2 rings (SSSR count). The summed E-state index contributed by atoms with van der Waals surface area (Å²) in [6.45, 7) is 3.79. The summed E-state index contributed by atoms with van der Waals surface area (Å²) in [5.41, 5.74) is 5.63. The van der Waals surface area contributed by atoms with Gasteiger partial charge in [-0.25, -0.2) is 0 Å². The Morgan fingerprint density at radius 3 is 2.65 bits per heavy atom. The lowest BCUT2D eigenvalue weighted by atomic mass is 10.1. The Morgan fingerprint density at radius 1 is 1.45 bits per heavy atom. The van der Waals surface area contributed by atoms with Gasteiger partial charge in [0.15, 0.2) is 6.10 Å². The average molecular weight is 317 g/mol. The van der Waals surface area contributed by atoms with Gasteiger partial charge in [-0.3, -0.25) is 4.79 Å². The van der Waals surface area contributed by atoms with E-state index < -0.39 is 6.10 Å². The minimum atomic E-state index is -0.568. The first kappa shape index (κ1) is 15.4. The Balaban J connectivity index is 1.97. The Morgan fingerprint density at radius 2 is 2.10 bits per heavy atom. The number of benzene rings is 1. The second-order valence-electron chi connectivity index (χ2n) is 5.04. The molecule has 0 bridgehead atoms. The van der Waals surface area contributed by atoms with E-state index in [-0.39, 0.29) is 5.91 Å². The zero-order valence-corrected chi connectivity index (χ0v) is 12.8. The minimum absolute atomic E-state index is 0.0305. The summed E-state index contributed by atoms with van der Waals surface area (Å²) < 4.78 is 5.63. The predicted molar refractivity (Wildman–Crippen MR) is 80.3 cm³/mol. The van der Waals surface area contributed by atoms with E-state index in [2.05, 4.69) is 0 Å². The Hall–Kier alpha value is -0.970. The summed E-state index contributed by atoms with van der Waals surface area (Å²) in [7, 11) is 0. The van der Waals surface area contributed by atoms with Crippen LogP contribution < -0.4 is 10.5 Å². The normalized spacial score (nSPS) is 20.0. The van der Waals surface area contributed by atoms with Crippen LogP contribution in [0.4, 0.5) is 0 Å². The number of amides is 1. The van der Waals surface area contributed by atoms with Gasteiger partial charge in [0.05, 0.1) is 0 Å². The third kappa shape index (κ3) is 3.78. The molecule has 0 aromatic heterocycles. The molecular formula is C14H18Cl2N2O2. The second-order valence-corrected chi connectivity index (χ2v) is 5.91. The highest BCUT2D eigenvalue weighted by molar-refractivity contribution is 6.34. The maximum absolute atomic E-state index is 12.3. The quantitative estimate of drug-likeness (QED) is 0.928. The fraction of sp³-hybridized carbons (Fsp3) is 0.500. The van der Waals surface area contributed by atoms with Crippen molar-refractivity contribution in [2.24, 2.45) is 11.7 Å². The Labute approximate surface area is 128 Å². The fourth-order valence-electron chi connectivity index (χ4n) is 2.33. The van der Waals surface area contributed by atoms with Crippen LogP contribution >= 0.6 is 23.2 Å². The van der Waals surface area contributed by atoms with Gasteiger partial charge in [0.25, 0.3) is 5.91 Å². The lowest BCUT2D eigenvalue weighted by molar-refractivity contribution is -0.136. The van der Waals surface area contributed by atoms with Crippen molar-refractivity contribution in [1.29, 1.82) is 0 Å². The van der Waals surface area contributed by atoms with Crippen molar-refractivity contribution in [3.63, 3.8) is 0 Å². The zero-order chi connectivity index (χ0) is 14.7. The number of hydrogen-bond acceptors (Lipinski definition) is 3. The van der Waals surface area contributed by atoms with Gasteiger partial charge in [0, 0.05) is 23.1 Å². The standard InChI is InChI=1S/C14H18Cl2N2O2/c1-9(14(19)18-3-2-10(7-17)8-18)20-13-5-11(15)4-12(16)6-13/h4-6,9-10H,2-3,7-8,17H2,1H3. The summed E-state index contributed by atoms with van der Waals surface area (Å²) in [6.07, 6.45) is 0.388. The SMILES string of the molecule is CC(Oc1cc(Cl)cc(Cl)c1)C(=O)N1CCC(CN)C1. The molecule has 110 valence electrons. The van der Waals surface area contributed by atoms with Crippen LogP contribution in [0.2, 0.25) is 10.0 Å². The van der Waals surface area contributed by atoms with E-state index in [1.165, 1.54) is 0 Å². The molecule has 1 aromatic rings. The number of nitrogens with two attached hydrogens (primary N) is 1. The molecule has 2 unspecified atom stereocenters. The number of ether oxygens (including phenoxy) is 1. The van der Waals surface area contributed by atoms with Crippen LogP contribution in [0.3, 0.4) is 0 Å². The van der Waals surface area contributed by atoms with E-state index >= 15 is 0 Å². The first-order valence-electron chi connectivity index (χ1n) is 6.61. The monoisotopic (exact) mass is 316 g/mol. The van der Waals surface area contributed by atoms with Gasteiger partial charge < -0.3 is 15.4 Å². The fourth-order valence-corrected chi connectivity index (χ4v) is 2.84. The first-order valence-corrected chi connectivity index (χ1v) is 7.36. The van der Waals surface area contributed by atoms with Crippen LogP contribution in [0.15, 0.2) is 18.2 Å². The topological polar surface area (TPSA) is 55.6 Å². The van der Waals surface area contributed by atoms with Crippen molar-refractivity contribution in [3.8, 4) is 5.75 Å². The first-order chi connectivity index (χ1) is 9.49. The van der Waals surface area contributed by atoms with Crippen LogP contribution in [0.1, 0.15) is 13.3 Å². The number of halogens is 2. The number of nitrogens with zero attached hydrogens (tertiary/aromatic N) is 1. The molecule has 2 N–H and O–H groups in total. The highest BCUT2D eigenvalue weighted by Crippen LogP contribution is 2.25. The van der Waals surface area contributed by atoms with Crippen LogP contribution in [-0.2, 0) is 4.79 Å². The molecule has 2 atom stereocenters. The second kappa shape index (κ2) is 6.66. The molecule has 0 saturated carbocycles. The maximum atomic E-state index is 12.3. The van der Waals surface area contributed by atoms with E-state index in [1.807, 2.05) is 0 Å². The van der Waals surface area contributed by atoms with Gasteiger partial charge >= 0.3 is 0 Å². The largest absolute Gasteiger partial charge is 0.481 e. The van der Waals surface area contributed by atoms with Crippen molar-refractivity contribution in [2.75, 3.05) is 19.6 Å². The third-order valence-corrected chi connectivity index (χ3v) is 3.86. The Bertz CT molecular complexity index is 476. The van der Waals surface area contributed by atoms with Crippen molar-refractivity contribution in [2.45, 2.75) is 19.4 Å². The molecule has 1 aromatic carbocycles. The lowest BCUT2D eigenvalue weighted by Gasteiger charge is -2.22. The number of carbonyl (C=O) groups excluding carboxylic acids is 1. The van der Waals surface area contributed by atoms with Crippen LogP contribution in [-0.4, -0.2) is 36.5 Å². The van der Waals surface area contributed by atoms with Crippen LogP contribution in [0.25, 0.3) is 0 Å². The molecule has 1 heterocycles. The van der Waals surface area contributed by atoms with E-state index in [9.17, 15) is 4.79 Å². The predicted octanol–water partition coefficient (Wildman–Crippen LogP) is 2.57. The minimum Gasteiger partial charge on any atom is -0.481 e. The molecule has 1 aliphatic rings. The van der Waals surface area contributed by atoms with Crippen LogP contribution in [0, 0.1) is 5.92 Å². The summed E-state index contributed by atoms with van der Waals surface area (Å²) >= 11 is 11.8. The number of rotatable bonds is 4. The molecular weight excluding hydrogens is 299 g/mol. The van der Waals surface area contributed by atoms with Crippen molar-refractivity contribution < 1.29 is 9.53 Å². The van der Waals surface area contributed by atoms with Crippen molar-refractivity contribution >= 4 is 29.1 Å². The molecule has 1 saturated heterocycles. The van der Waals surface area contributed by atoms with E-state index in [0.29, 0.717) is 34.8 Å². The zero-order valence-electron chi connectivity index (χ0n) is 11.3. The number of likely N-dealkylation sites (tertiary alicyclic amines) is 1. The van der Waals surface area contributed by atoms with Crippen LogP contribution in [0.5, 0.6) is 5.75 Å². The summed E-state index contributed by atoms with van der Waals surface area (Å²) in [5.74, 6) is 0.863. The van der Waals surface area contributed by atoms with Gasteiger partial charge in [0.2, 0.25) is 0 Å². The molecule has 20 heavy (non-hydrogen) atoms. The lowest BCUT2D eigenvalue weighted by Crippen LogP contribution is -2.39. The highest BCUT2D eigenvalue weighted by atomic mass is 35.5. The molecule has 1 amide bonds. The number of hydrogen-bond donors (Lipinski definition) is 1. The summed E-state index contributed by atoms with van der Waals surface area (Å²) in [6, 6.07) is 4.91. The van der Waals surface area contributed by atoms with Gasteiger partial charge in [-0.2, -0.15) is 0 Å². The van der Waals surface area contributed by atoms with Crippen molar-refractivity contribution in [1.82, 2.24) is 4.90 Å². The van der Waals surface area contributed by atoms with Gasteiger partial charge in [-0.05, 0) is 44.0 Å². The van der Waals surface area contributed by atoms with E-state index in [1.54, 1.807) is 30.0 Å². The molecule has 1 fully saturated rings. The molecule has 0 spiro atoms. The molecule has 0 radical (unpaired) electrons. The van der Waals surface area contributed by atoms with Gasteiger partial charge in [-0.1, -0.05) is 23.2 Å². The smallest absolute Gasteiger partial charge is 0.263 e. The third-order valence-electron chi connectivity index (χ3n) is 3.43. The molecule has 0 aliphatic carbocycles. The van der Waals surface area contributed by atoms with Crippen molar-refractivity contribution in [3.05, 3.63) is 28.2 Å². The van der Waals surface area contributed by atoms with E-state index in [0.717, 1.165) is 13.0 Å². The molecule has 6 heteroatoms.